The van der Waals surface area contributed by atoms with Crippen LogP contribution in [0.5, 0.6) is 0 Å². The predicted molar refractivity (Wildman–Crippen MR) is 56.6 cm³/mol. The van der Waals surface area contributed by atoms with Gasteiger partial charge in [0.1, 0.15) is 6.33 Å². The molecule has 0 aliphatic carbocycles. The highest BCUT2D eigenvalue weighted by atomic mass is 19.1. The van der Waals surface area contributed by atoms with Crippen LogP contribution >= 0.6 is 0 Å². The van der Waals surface area contributed by atoms with Gasteiger partial charge in [0.25, 0.3) is 0 Å². The van der Waals surface area contributed by atoms with Crippen LogP contribution in [0, 0.1) is 18.7 Å². The lowest BCUT2D eigenvalue weighted by Crippen LogP contribution is -2.30. The summed E-state index contributed by atoms with van der Waals surface area (Å²) >= 11 is 0. The number of hydrogen-bond donors (Lipinski definition) is 2. The van der Waals surface area contributed by atoms with E-state index in [2.05, 4.69) is 15.3 Å². The maximum Gasteiger partial charge on any atom is 0.308 e. The van der Waals surface area contributed by atoms with E-state index in [0.717, 1.165) is 0 Å². The van der Waals surface area contributed by atoms with E-state index < -0.39 is 23.7 Å². The summed E-state index contributed by atoms with van der Waals surface area (Å²) in [5.74, 6) is -2.08. The van der Waals surface area contributed by atoms with E-state index in [0.29, 0.717) is 0 Å². The number of carboxylic acids is 1. The molecule has 0 aliphatic heterocycles. The van der Waals surface area contributed by atoms with Crippen LogP contribution in [0.4, 0.5) is 10.2 Å². The molecule has 2 unspecified atom stereocenters. The molecular formula is C10H14FN3O2. The van der Waals surface area contributed by atoms with Crippen molar-refractivity contribution in [2.24, 2.45) is 5.92 Å². The lowest BCUT2D eigenvalue weighted by molar-refractivity contribution is -0.141. The van der Waals surface area contributed by atoms with Crippen molar-refractivity contribution in [3.05, 3.63) is 17.8 Å². The average Bonchev–Trinajstić information content (AvgIpc) is 2.23. The zero-order chi connectivity index (χ0) is 12.3. The van der Waals surface area contributed by atoms with Crippen LogP contribution in [0.25, 0.3) is 0 Å². The lowest BCUT2D eigenvalue weighted by atomic mass is 10.0. The number of carbonyl (C=O) groups is 1. The number of anilines is 1. The van der Waals surface area contributed by atoms with Gasteiger partial charge < -0.3 is 10.4 Å². The van der Waals surface area contributed by atoms with E-state index in [1.54, 1.807) is 13.8 Å². The standard InChI is InChI=1S/C10H14FN3O2/c1-5(10(15)16)6(2)14-9-8(11)7(3)12-4-13-9/h4-6H,1-3H3,(H,15,16)(H,12,13,14). The van der Waals surface area contributed by atoms with E-state index >= 15 is 0 Å². The van der Waals surface area contributed by atoms with Crippen molar-refractivity contribution >= 4 is 11.8 Å². The first kappa shape index (κ1) is 12.4. The van der Waals surface area contributed by atoms with Gasteiger partial charge >= 0.3 is 5.97 Å². The molecule has 6 heteroatoms. The Hall–Kier alpha value is -1.72. The molecule has 1 heterocycles. The van der Waals surface area contributed by atoms with Crippen molar-refractivity contribution < 1.29 is 14.3 Å². The minimum absolute atomic E-state index is 0.0353. The van der Waals surface area contributed by atoms with Gasteiger partial charge in [0.05, 0.1) is 11.6 Å². The molecule has 5 nitrogen and oxygen atoms in total. The number of hydrogen-bond acceptors (Lipinski definition) is 4. The molecule has 0 radical (unpaired) electrons. The van der Waals surface area contributed by atoms with Crippen LogP contribution in [0.15, 0.2) is 6.33 Å². The van der Waals surface area contributed by atoms with Gasteiger partial charge in [0, 0.05) is 6.04 Å². The second kappa shape index (κ2) is 4.87. The predicted octanol–water partition coefficient (Wildman–Crippen LogP) is 1.45. The summed E-state index contributed by atoms with van der Waals surface area (Å²) in [4.78, 5) is 18.1. The molecule has 1 rings (SSSR count). The topological polar surface area (TPSA) is 75.1 Å². The zero-order valence-electron chi connectivity index (χ0n) is 9.36. The third-order valence-electron chi connectivity index (χ3n) is 2.47. The summed E-state index contributed by atoms with van der Waals surface area (Å²) in [5.41, 5.74) is 0.229. The number of carboxylic acid groups (broad SMARTS) is 1. The van der Waals surface area contributed by atoms with Gasteiger partial charge in [0.15, 0.2) is 11.6 Å². The van der Waals surface area contributed by atoms with E-state index in [9.17, 15) is 9.18 Å². The Bertz CT molecular complexity index is 398. The second-order valence-electron chi connectivity index (χ2n) is 3.68. The van der Waals surface area contributed by atoms with Crippen molar-refractivity contribution in [2.75, 3.05) is 5.32 Å². The first-order chi connectivity index (χ1) is 7.43. The molecule has 0 bridgehead atoms. The second-order valence-corrected chi connectivity index (χ2v) is 3.68. The molecule has 0 fully saturated rings. The van der Waals surface area contributed by atoms with Crippen LogP contribution in [0.3, 0.4) is 0 Å². The van der Waals surface area contributed by atoms with Gasteiger partial charge in [0.2, 0.25) is 0 Å². The van der Waals surface area contributed by atoms with Gasteiger partial charge in [-0.25, -0.2) is 14.4 Å². The van der Waals surface area contributed by atoms with Gasteiger partial charge in [-0.3, -0.25) is 4.79 Å². The van der Waals surface area contributed by atoms with Gasteiger partial charge in [-0.2, -0.15) is 0 Å². The number of aromatic nitrogens is 2. The third kappa shape index (κ3) is 2.65. The van der Waals surface area contributed by atoms with Crippen molar-refractivity contribution in [3.8, 4) is 0 Å². The largest absolute Gasteiger partial charge is 0.481 e. The normalized spacial score (nSPS) is 14.2. The Labute approximate surface area is 92.7 Å². The first-order valence-corrected chi connectivity index (χ1v) is 4.90. The van der Waals surface area contributed by atoms with Gasteiger partial charge in [-0.05, 0) is 20.8 Å². The van der Waals surface area contributed by atoms with E-state index in [4.69, 9.17) is 5.11 Å². The maximum atomic E-state index is 13.5. The SMILES string of the molecule is Cc1ncnc(NC(C)C(C)C(=O)O)c1F. The molecule has 1 aromatic rings. The summed E-state index contributed by atoms with van der Waals surface area (Å²) in [6, 6.07) is -0.415. The summed E-state index contributed by atoms with van der Waals surface area (Å²) in [6.45, 7) is 4.73. The van der Waals surface area contributed by atoms with Crippen molar-refractivity contribution in [1.82, 2.24) is 9.97 Å². The molecule has 16 heavy (non-hydrogen) atoms. The Morgan fingerprint density at radius 3 is 2.69 bits per heavy atom. The van der Waals surface area contributed by atoms with Crippen LogP contribution < -0.4 is 5.32 Å². The molecule has 88 valence electrons. The summed E-state index contributed by atoms with van der Waals surface area (Å²) in [6.07, 6.45) is 1.24. The number of nitrogens with zero attached hydrogens (tertiary/aromatic N) is 2. The smallest absolute Gasteiger partial charge is 0.308 e. The first-order valence-electron chi connectivity index (χ1n) is 4.90. The van der Waals surface area contributed by atoms with Gasteiger partial charge in [-0.1, -0.05) is 0 Å². The summed E-state index contributed by atoms with van der Waals surface area (Å²) in [5, 5.41) is 11.5. The molecule has 0 aliphatic rings. The molecule has 0 amide bonds. The quantitative estimate of drug-likeness (QED) is 0.814. The van der Waals surface area contributed by atoms with Gasteiger partial charge in [-0.15, -0.1) is 0 Å². The Kier molecular flexibility index (Phi) is 3.76. The average molecular weight is 227 g/mol. The van der Waals surface area contributed by atoms with Crippen molar-refractivity contribution in [2.45, 2.75) is 26.8 Å². The summed E-state index contributed by atoms with van der Waals surface area (Å²) < 4.78 is 13.5. The van der Waals surface area contributed by atoms with Crippen molar-refractivity contribution in [1.29, 1.82) is 0 Å². The van der Waals surface area contributed by atoms with E-state index in [1.807, 2.05) is 0 Å². The fourth-order valence-electron chi connectivity index (χ4n) is 1.11. The zero-order valence-corrected chi connectivity index (χ0v) is 9.36. The number of halogens is 1. The molecule has 2 atom stereocenters. The number of nitrogens with one attached hydrogen (secondary N) is 1. The highest BCUT2D eigenvalue weighted by Gasteiger charge is 2.21. The number of aryl methyl sites for hydroxylation is 1. The Morgan fingerprint density at radius 1 is 1.50 bits per heavy atom. The maximum absolute atomic E-state index is 13.5. The molecule has 2 N–H and O–H groups in total. The molecule has 0 saturated carbocycles. The highest BCUT2D eigenvalue weighted by Crippen LogP contribution is 2.15. The molecule has 0 aromatic carbocycles. The van der Waals surface area contributed by atoms with Crippen LogP contribution in [-0.2, 0) is 4.79 Å². The number of aliphatic carboxylic acids is 1. The minimum Gasteiger partial charge on any atom is -0.481 e. The Balaban J connectivity index is 2.81. The van der Waals surface area contributed by atoms with E-state index in [1.165, 1.54) is 13.3 Å². The molecule has 1 aromatic heterocycles. The highest BCUT2D eigenvalue weighted by molar-refractivity contribution is 5.71. The lowest BCUT2D eigenvalue weighted by Gasteiger charge is -2.18. The minimum atomic E-state index is -0.939. The fraction of sp³-hybridized carbons (Fsp3) is 0.500. The van der Waals surface area contributed by atoms with Crippen LogP contribution in [0.2, 0.25) is 0 Å². The summed E-state index contributed by atoms with van der Waals surface area (Å²) in [7, 11) is 0. The third-order valence-corrected chi connectivity index (χ3v) is 2.47. The molecule has 0 saturated heterocycles. The van der Waals surface area contributed by atoms with Crippen LogP contribution in [-0.4, -0.2) is 27.1 Å². The Morgan fingerprint density at radius 2 is 2.12 bits per heavy atom. The number of rotatable bonds is 4. The molecule has 0 spiro atoms. The monoisotopic (exact) mass is 227 g/mol. The fourth-order valence-corrected chi connectivity index (χ4v) is 1.11. The van der Waals surface area contributed by atoms with E-state index in [-0.39, 0.29) is 11.5 Å². The van der Waals surface area contributed by atoms with Crippen molar-refractivity contribution in [3.63, 3.8) is 0 Å². The molecular weight excluding hydrogens is 213 g/mol. The van der Waals surface area contributed by atoms with Crippen LogP contribution in [0.1, 0.15) is 19.5 Å².